The van der Waals surface area contributed by atoms with Crippen LogP contribution in [-0.4, -0.2) is 34.1 Å². The van der Waals surface area contributed by atoms with Crippen molar-refractivity contribution in [1.29, 1.82) is 0 Å². The van der Waals surface area contributed by atoms with Crippen molar-refractivity contribution in [2.24, 2.45) is 0 Å². The van der Waals surface area contributed by atoms with Gasteiger partial charge in [-0.3, -0.25) is 9.13 Å². The molecule has 0 fully saturated rings. The van der Waals surface area contributed by atoms with Gasteiger partial charge in [0.1, 0.15) is 11.3 Å². The summed E-state index contributed by atoms with van der Waals surface area (Å²) in [6, 6.07) is 52.3. The molecule has 0 saturated carbocycles. The molecule has 0 unspecified atom stereocenters. The van der Waals surface area contributed by atoms with Gasteiger partial charge in [0, 0.05) is 60.8 Å². The van der Waals surface area contributed by atoms with Crippen molar-refractivity contribution in [2.45, 2.75) is 12.8 Å². The highest BCUT2D eigenvalue weighted by Crippen LogP contribution is 2.41. The molecule has 0 radical (unpaired) electrons. The van der Waals surface area contributed by atoms with Gasteiger partial charge in [0.25, 0.3) is 0 Å². The average Bonchev–Trinajstić information content (AvgIpc) is 3.92. The molecule has 7 heteroatoms. The first-order valence-electron chi connectivity index (χ1n) is 18.6. The van der Waals surface area contributed by atoms with Gasteiger partial charge < -0.3 is 4.98 Å². The van der Waals surface area contributed by atoms with Crippen molar-refractivity contribution in [1.82, 2.24) is 34.1 Å². The third-order valence-electron chi connectivity index (χ3n) is 10.5. The summed E-state index contributed by atoms with van der Waals surface area (Å²) < 4.78 is 4.65. The average molecular weight is 708 g/mol. The predicted molar refractivity (Wildman–Crippen MR) is 224 cm³/mol. The first kappa shape index (κ1) is 31.2. The number of aromatic amines is 1. The number of H-pyrrole nitrogens is 1. The van der Waals surface area contributed by atoms with Gasteiger partial charge in [0.05, 0.1) is 5.52 Å². The van der Waals surface area contributed by atoms with E-state index in [9.17, 15) is 0 Å². The molecular formula is C48H33N7. The lowest BCUT2D eigenvalue weighted by atomic mass is 10.1. The second-order valence-corrected chi connectivity index (χ2v) is 13.9. The number of para-hydroxylation sites is 1. The van der Waals surface area contributed by atoms with E-state index < -0.39 is 0 Å². The highest BCUT2D eigenvalue weighted by atomic mass is 15.2. The van der Waals surface area contributed by atoms with E-state index in [2.05, 4.69) is 123 Å². The lowest BCUT2D eigenvalue weighted by Gasteiger charge is -2.13. The van der Waals surface area contributed by atoms with E-state index >= 15 is 0 Å². The zero-order chi connectivity index (χ0) is 36.3. The quantitative estimate of drug-likeness (QED) is 0.187. The molecule has 55 heavy (non-hydrogen) atoms. The third kappa shape index (κ3) is 5.20. The summed E-state index contributed by atoms with van der Waals surface area (Å²) in [6.07, 6.45) is 8.84. The first-order chi connectivity index (χ1) is 27.3. The Labute approximate surface area is 316 Å². The van der Waals surface area contributed by atoms with Gasteiger partial charge in [-0.05, 0) is 49.2 Å². The Morgan fingerprint density at radius 1 is 0.473 bits per heavy atom. The van der Waals surface area contributed by atoms with E-state index in [-0.39, 0.29) is 0 Å². The Morgan fingerprint density at radius 2 is 1.11 bits per heavy atom. The van der Waals surface area contributed by atoms with Gasteiger partial charge in [-0.25, -0.2) is 19.9 Å². The monoisotopic (exact) mass is 707 g/mol. The van der Waals surface area contributed by atoms with E-state index in [0.717, 1.165) is 85.4 Å². The Hall–Kier alpha value is -7.38. The van der Waals surface area contributed by atoms with Crippen LogP contribution in [0.4, 0.5) is 0 Å². The molecule has 7 nitrogen and oxygen atoms in total. The lowest BCUT2D eigenvalue weighted by molar-refractivity contribution is 1.01. The Morgan fingerprint density at radius 3 is 1.80 bits per heavy atom. The molecule has 1 aliphatic rings. The number of hydrogen-bond donors (Lipinski definition) is 1. The lowest BCUT2D eigenvalue weighted by Crippen LogP contribution is -2.01. The van der Waals surface area contributed by atoms with E-state index in [1.54, 1.807) is 0 Å². The first-order valence-corrected chi connectivity index (χ1v) is 18.6. The molecule has 4 heterocycles. The second kappa shape index (κ2) is 12.6. The summed E-state index contributed by atoms with van der Waals surface area (Å²) in [5, 5.41) is 3.52. The standard InChI is InChI=1S/C48H33N7/c1-5-16-31(17-6-1)44-50-45(32-18-7-2-8-19-32)52-46(51-44)34-22-15-25-36(28-34)54-42-30-41-38(37-26-13-14-27-40(37)49-41)29-39(42)43-48(54)53-47(33-20-9-3-10-21-33)55(43)35-23-11-4-12-24-35/h1-3,5-11,13-30,49H,4,12H2. The number of aromatic nitrogens is 7. The molecule has 0 atom stereocenters. The smallest absolute Gasteiger partial charge is 0.165 e. The molecule has 11 rings (SSSR count). The SMILES string of the molecule is C1=CC(n2c(-c3ccccc3)nc3c2c2cc4c(cc2n3-c2cccc(-c3nc(-c5ccccc5)nc(-c5ccccc5)n3)c2)[nH]c2ccccc24)=CCC1. The number of imidazole rings is 1. The molecule has 4 aromatic heterocycles. The highest BCUT2D eigenvalue weighted by molar-refractivity contribution is 6.18. The van der Waals surface area contributed by atoms with Crippen LogP contribution in [0.15, 0.2) is 170 Å². The fourth-order valence-electron chi connectivity index (χ4n) is 7.96. The molecule has 10 aromatic rings. The minimum Gasteiger partial charge on any atom is -0.354 e. The van der Waals surface area contributed by atoms with E-state index in [4.69, 9.17) is 19.9 Å². The summed E-state index contributed by atoms with van der Waals surface area (Å²) in [5.41, 5.74) is 11.1. The summed E-state index contributed by atoms with van der Waals surface area (Å²) in [6.45, 7) is 0. The fourth-order valence-corrected chi connectivity index (χ4v) is 7.96. The van der Waals surface area contributed by atoms with Crippen molar-refractivity contribution < 1.29 is 0 Å². The molecule has 0 amide bonds. The number of benzene rings is 6. The number of allylic oxidation sites excluding steroid dienone is 4. The van der Waals surface area contributed by atoms with Gasteiger partial charge in [-0.1, -0.05) is 133 Å². The molecule has 0 bridgehead atoms. The van der Waals surface area contributed by atoms with Crippen LogP contribution >= 0.6 is 0 Å². The number of hydrogen-bond acceptors (Lipinski definition) is 4. The van der Waals surface area contributed by atoms with Gasteiger partial charge >= 0.3 is 0 Å². The van der Waals surface area contributed by atoms with Crippen LogP contribution in [0.1, 0.15) is 12.8 Å². The molecule has 1 N–H and O–H groups in total. The summed E-state index contributed by atoms with van der Waals surface area (Å²) in [7, 11) is 0. The van der Waals surface area contributed by atoms with Crippen molar-refractivity contribution in [2.75, 3.05) is 0 Å². The number of rotatable bonds is 6. The van der Waals surface area contributed by atoms with Gasteiger partial charge in [-0.15, -0.1) is 0 Å². The molecule has 6 aromatic carbocycles. The number of nitrogens with one attached hydrogen (secondary N) is 1. The maximum absolute atomic E-state index is 5.52. The maximum Gasteiger partial charge on any atom is 0.165 e. The zero-order valence-corrected chi connectivity index (χ0v) is 29.8. The van der Waals surface area contributed by atoms with Crippen LogP contribution < -0.4 is 0 Å². The van der Waals surface area contributed by atoms with Crippen LogP contribution in [0.5, 0.6) is 0 Å². The molecule has 0 saturated heterocycles. The van der Waals surface area contributed by atoms with E-state index in [1.807, 2.05) is 60.7 Å². The Bertz CT molecular complexity index is 3070. The second-order valence-electron chi connectivity index (χ2n) is 13.9. The van der Waals surface area contributed by atoms with Gasteiger partial charge in [-0.2, -0.15) is 0 Å². The van der Waals surface area contributed by atoms with Crippen LogP contribution in [0.2, 0.25) is 0 Å². The molecule has 0 aliphatic heterocycles. The minimum absolute atomic E-state index is 0.605. The van der Waals surface area contributed by atoms with Gasteiger partial charge in [0.15, 0.2) is 23.1 Å². The molecular weight excluding hydrogens is 675 g/mol. The zero-order valence-electron chi connectivity index (χ0n) is 29.8. The Balaban J connectivity index is 1.20. The van der Waals surface area contributed by atoms with Crippen LogP contribution in [0.25, 0.3) is 101 Å². The highest BCUT2D eigenvalue weighted by Gasteiger charge is 2.25. The summed E-state index contributed by atoms with van der Waals surface area (Å²) in [5.74, 6) is 2.77. The largest absolute Gasteiger partial charge is 0.354 e. The minimum atomic E-state index is 0.605. The van der Waals surface area contributed by atoms with E-state index in [0.29, 0.717) is 17.5 Å². The molecule has 1 aliphatic carbocycles. The summed E-state index contributed by atoms with van der Waals surface area (Å²) in [4.78, 5) is 24.3. The number of fused-ring (bicyclic) bond motifs is 6. The van der Waals surface area contributed by atoms with Crippen molar-refractivity contribution in [3.63, 3.8) is 0 Å². The van der Waals surface area contributed by atoms with Crippen LogP contribution in [-0.2, 0) is 0 Å². The predicted octanol–water partition coefficient (Wildman–Crippen LogP) is 11.7. The summed E-state index contributed by atoms with van der Waals surface area (Å²) >= 11 is 0. The third-order valence-corrected chi connectivity index (χ3v) is 10.5. The van der Waals surface area contributed by atoms with Gasteiger partial charge in [0.2, 0.25) is 0 Å². The molecule has 260 valence electrons. The normalized spacial score (nSPS) is 13.0. The Kier molecular flexibility index (Phi) is 7.16. The van der Waals surface area contributed by atoms with Crippen LogP contribution in [0.3, 0.4) is 0 Å². The van der Waals surface area contributed by atoms with E-state index in [1.165, 1.54) is 10.8 Å². The fraction of sp³-hybridized carbons (Fsp3) is 0.0417. The van der Waals surface area contributed by atoms with Crippen molar-refractivity contribution >= 4 is 49.6 Å². The molecule has 0 spiro atoms. The van der Waals surface area contributed by atoms with Crippen molar-refractivity contribution in [3.8, 4) is 51.2 Å². The number of nitrogens with zero attached hydrogens (tertiary/aromatic N) is 6. The van der Waals surface area contributed by atoms with Crippen LogP contribution in [0, 0.1) is 0 Å². The maximum atomic E-state index is 5.52. The topological polar surface area (TPSA) is 77.2 Å². The van der Waals surface area contributed by atoms with Crippen molar-refractivity contribution in [3.05, 3.63) is 170 Å².